The van der Waals surface area contributed by atoms with E-state index in [4.69, 9.17) is 11.6 Å². The third-order valence-electron chi connectivity index (χ3n) is 5.40. The van der Waals surface area contributed by atoms with Crippen LogP contribution in [0.5, 0.6) is 0 Å². The normalized spacial score (nSPS) is 17.8. The second-order valence-electron chi connectivity index (χ2n) is 7.65. The lowest BCUT2D eigenvalue weighted by Crippen LogP contribution is -2.43. The number of rotatable bonds is 4. The number of carbonyl (C=O) groups excluding carboxylic acids is 2. The molecular formula is C20H20ClF3N4O2. The number of piperidine rings is 1. The van der Waals surface area contributed by atoms with Crippen LogP contribution < -0.4 is 5.32 Å². The number of amides is 2. The van der Waals surface area contributed by atoms with E-state index in [0.717, 1.165) is 19.0 Å². The average Bonchev–Trinajstić information content (AvgIpc) is 3.39. The number of halogens is 4. The molecule has 4 rings (SSSR count). The molecule has 160 valence electrons. The lowest BCUT2D eigenvalue weighted by Gasteiger charge is -2.31. The Morgan fingerprint density at radius 1 is 1.13 bits per heavy atom. The van der Waals surface area contributed by atoms with Gasteiger partial charge in [-0.3, -0.25) is 9.59 Å². The molecule has 0 unspecified atom stereocenters. The number of hydrogen-bond donors (Lipinski definition) is 1. The van der Waals surface area contributed by atoms with Gasteiger partial charge in [-0.2, -0.15) is 18.3 Å². The van der Waals surface area contributed by atoms with Crippen LogP contribution in [0.15, 0.2) is 30.5 Å². The summed E-state index contributed by atoms with van der Waals surface area (Å²) in [4.78, 5) is 26.4. The molecule has 0 atom stereocenters. The number of carbonyl (C=O) groups is 2. The molecule has 2 aromatic rings. The van der Waals surface area contributed by atoms with Gasteiger partial charge in [0.15, 0.2) is 5.69 Å². The van der Waals surface area contributed by atoms with Crippen molar-refractivity contribution in [3.05, 3.63) is 46.7 Å². The van der Waals surface area contributed by atoms with E-state index in [1.807, 2.05) is 0 Å². The maximum Gasteiger partial charge on any atom is 0.434 e. The fraction of sp³-hybridized carbons (Fsp3) is 0.450. The Labute approximate surface area is 176 Å². The van der Waals surface area contributed by atoms with E-state index >= 15 is 0 Å². The molecule has 1 N–H and O–H groups in total. The predicted octanol–water partition coefficient (Wildman–Crippen LogP) is 3.68. The zero-order chi connectivity index (χ0) is 21.5. The Balaban J connectivity index is 1.53. The molecule has 30 heavy (non-hydrogen) atoms. The van der Waals surface area contributed by atoms with E-state index in [1.54, 1.807) is 0 Å². The molecule has 2 heterocycles. The molecule has 2 aliphatic rings. The van der Waals surface area contributed by atoms with Crippen LogP contribution in [0, 0.1) is 5.92 Å². The maximum absolute atomic E-state index is 13.8. The first-order valence-corrected chi connectivity index (χ1v) is 10.1. The molecule has 6 nitrogen and oxygen atoms in total. The quantitative estimate of drug-likeness (QED) is 0.788. The van der Waals surface area contributed by atoms with Crippen LogP contribution >= 0.6 is 11.6 Å². The van der Waals surface area contributed by atoms with Gasteiger partial charge in [0.1, 0.15) is 0 Å². The van der Waals surface area contributed by atoms with Crippen LogP contribution in [-0.4, -0.2) is 45.6 Å². The summed E-state index contributed by atoms with van der Waals surface area (Å²) in [5.41, 5.74) is -1.53. The summed E-state index contributed by atoms with van der Waals surface area (Å²) in [6.45, 7) is 0.447. The van der Waals surface area contributed by atoms with Crippen molar-refractivity contribution < 1.29 is 22.8 Å². The number of alkyl halides is 3. The van der Waals surface area contributed by atoms with E-state index in [9.17, 15) is 22.8 Å². The monoisotopic (exact) mass is 440 g/mol. The van der Waals surface area contributed by atoms with Crippen molar-refractivity contribution in [2.24, 2.45) is 5.92 Å². The van der Waals surface area contributed by atoms with Crippen molar-refractivity contribution in [3.8, 4) is 5.69 Å². The molecule has 2 fully saturated rings. The Hall–Kier alpha value is -2.55. The zero-order valence-electron chi connectivity index (χ0n) is 16.0. The Kier molecular flexibility index (Phi) is 5.48. The van der Waals surface area contributed by atoms with Gasteiger partial charge in [-0.05, 0) is 43.9 Å². The first-order chi connectivity index (χ1) is 14.2. The number of benzene rings is 1. The van der Waals surface area contributed by atoms with Crippen molar-refractivity contribution in [2.75, 3.05) is 13.1 Å². The van der Waals surface area contributed by atoms with Gasteiger partial charge in [-0.15, -0.1) is 0 Å². The van der Waals surface area contributed by atoms with Gasteiger partial charge in [-0.25, -0.2) is 4.68 Å². The predicted molar refractivity (Wildman–Crippen MR) is 103 cm³/mol. The first-order valence-electron chi connectivity index (χ1n) is 9.75. The van der Waals surface area contributed by atoms with E-state index in [0.29, 0.717) is 17.5 Å². The topological polar surface area (TPSA) is 67.2 Å². The minimum Gasteiger partial charge on any atom is -0.353 e. The summed E-state index contributed by atoms with van der Waals surface area (Å²) in [5.74, 6) is -0.989. The lowest BCUT2D eigenvalue weighted by atomic mass is 9.95. The number of hydrogen-bond acceptors (Lipinski definition) is 3. The van der Waals surface area contributed by atoms with Crippen molar-refractivity contribution in [2.45, 2.75) is 37.9 Å². The first kappa shape index (κ1) is 20.7. The second-order valence-corrected chi connectivity index (χ2v) is 8.08. The Morgan fingerprint density at radius 3 is 2.43 bits per heavy atom. The van der Waals surface area contributed by atoms with Gasteiger partial charge in [0, 0.05) is 30.1 Å². The average molecular weight is 441 g/mol. The van der Waals surface area contributed by atoms with Crippen molar-refractivity contribution in [3.63, 3.8) is 0 Å². The lowest BCUT2D eigenvalue weighted by molar-refractivity contribution is -0.143. The minimum absolute atomic E-state index is 0.0330. The largest absolute Gasteiger partial charge is 0.434 e. The molecule has 0 bridgehead atoms. The molecule has 0 radical (unpaired) electrons. The molecule has 1 aliphatic carbocycles. The van der Waals surface area contributed by atoms with E-state index in [2.05, 4.69) is 10.4 Å². The highest BCUT2D eigenvalue weighted by molar-refractivity contribution is 6.30. The Morgan fingerprint density at radius 2 is 1.83 bits per heavy atom. The smallest absolute Gasteiger partial charge is 0.353 e. The second kappa shape index (κ2) is 7.94. The number of nitrogens with zero attached hydrogens (tertiary/aromatic N) is 3. The molecule has 0 spiro atoms. The number of aromatic nitrogens is 2. The molecule has 1 aromatic heterocycles. The molecule has 10 heteroatoms. The van der Waals surface area contributed by atoms with Crippen molar-refractivity contribution >= 4 is 23.4 Å². The SMILES string of the molecule is O=C(NC1CC1)C1CCN(C(=O)c2cnn(-c3cccc(Cl)c3)c2C(F)(F)F)CC1. The minimum atomic E-state index is -4.79. The van der Waals surface area contributed by atoms with E-state index in [1.165, 1.54) is 29.2 Å². The summed E-state index contributed by atoms with van der Waals surface area (Å²) >= 11 is 5.90. The standard InChI is InChI=1S/C20H20ClF3N4O2/c21-13-2-1-3-15(10-13)28-17(20(22,23)24)16(11-25-28)19(30)27-8-6-12(7-9-27)18(29)26-14-4-5-14/h1-3,10-12,14H,4-9H2,(H,26,29). The van der Waals surface area contributed by atoms with Crippen LogP contribution in [0.2, 0.25) is 5.02 Å². The van der Waals surface area contributed by atoms with Gasteiger partial charge in [0.05, 0.1) is 17.4 Å². The van der Waals surface area contributed by atoms with Crippen LogP contribution in [0.25, 0.3) is 5.69 Å². The van der Waals surface area contributed by atoms with Crippen LogP contribution in [0.1, 0.15) is 41.7 Å². The van der Waals surface area contributed by atoms with Crippen molar-refractivity contribution in [1.82, 2.24) is 20.0 Å². The highest BCUT2D eigenvalue weighted by Crippen LogP contribution is 2.35. The van der Waals surface area contributed by atoms with Crippen LogP contribution in [0.4, 0.5) is 13.2 Å². The summed E-state index contributed by atoms with van der Waals surface area (Å²) < 4.78 is 42.2. The molecule has 2 amide bonds. The third kappa shape index (κ3) is 4.30. The van der Waals surface area contributed by atoms with E-state index in [-0.39, 0.29) is 41.7 Å². The fourth-order valence-electron chi connectivity index (χ4n) is 3.64. The number of likely N-dealkylation sites (tertiary alicyclic amines) is 1. The van der Waals surface area contributed by atoms with Crippen molar-refractivity contribution in [1.29, 1.82) is 0 Å². The van der Waals surface area contributed by atoms with Gasteiger partial charge >= 0.3 is 6.18 Å². The van der Waals surface area contributed by atoms with Gasteiger partial charge < -0.3 is 10.2 Å². The molecule has 1 saturated heterocycles. The summed E-state index contributed by atoms with van der Waals surface area (Å²) in [6.07, 6.45) is -1.02. The maximum atomic E-state index is 13.8. The Bertz CT molecular complexity index is 963. The highest BCUT2D eigenvalue weighted by Gasteiger charge is 2.42. The molecular weight excluding hydrogens is 421 g/mol. The zero-order valence-corrected chi connectivity index (χ0v) is 16.7. The van der Waals surface area contributed by atoms with Gasteiger partial charge in [-0.1, -0.05) is 17.7 Å². The summed E-state index contributed by atoms with van der Waals surface area (Å²) in [6, 6.07) is 6.09. The van der Waals surface area contributed by atoms with Gasteiger partial charge in [0.25, 0.3) is 5.91 Å². The number of nitrogens with one attached hydrogen (secondary N) is 1. The molecule has 1 aliphatic heterocycles. The molecule has 1 saturated carbocycles. The summed E-state index contributed by atoms with van der Waals surface area (Å²) in [5, 5.41) is 7.02. The van der Waals surface area contributed by atoms with Crippen LogP contribution in [0.3, 0.4) is 0 Å². The summed E-state index contributed by atoms with van der Waals surface area (Å²) in [7, 11) is 0. The van der Waals surface area contributed by atoms with Crippen LogP contribution in [-0.2, 0) is 11.0 Å². The molecule has 1 aromatic carbocycles. The highest BCUT2D eigenvalue weighted by atomic mass is 35.5. The van der Waals surface area contributed by atoms with Gasteiger partial charge in [0.2, 0.25) is 5.91 Å². The third-order valence-corrected chi connectivity index (χ3v) is 5.63. The van der Waals surface area contributed by atoms with E-state index < -0.39 is 23.3 Å². The fourth-order valence-corrected chi connectivity index (χ4v) is 3.83.